The van der Waals surface area contributed by atoms with Gasteiger partial charge in [0.15, 0.2) is 5.82 Å². The second-order valence-electron chi connectivity index (χ2n) is 13.3. The molecule has 3 N–H and O–H groups in total. The van der Waals surface area contributed by atoms with Gasteiger partial charge in [0.1, 0.15) is 47.1 Å². The van der Waals surface area contributed by atoms with Gasteiger partial charge in [0, 0.05) is 49.3 Å². The molecule has 7 heterocycles. The lowest BCUT2D eigenvalue weighted by molar-refractivity contribution is 0.107. The summed E-state index contributed by atoms with van der Waals surface area (Å²) in [7, 11) is 0. The minimum Gasteiger partial charge on any atom is -0.461 e. The molecule has 0 spiro atoms. The van der Waals surface area contributed by atoms with E-state index < -0.39 is 23.3 Å². The molecule has 2 bridgehead atoms. The van der Waals surface area contributed by atoms with Gasteiger partial charge < -0.3 is 29.8 Å². The molecule has 4 saturated heterocycles. The molecule has 5 aliphatic rings. The van der Waals surface area contributed by atoms with E-state index in [2.05, 4.69) is 20.1 Å². The number of benzene rings is 2. The van der Waals surface area contributed by atoms with Crippen molar-refractivity contribution in [2.75, 3.05) is 43.4 Å². The summed E-state index contributed by atoms with van der Waals surface area (Å²) < 4.78 is 65.5. The van der Waals surface area contributed by atoms with Crippen molar-refractivity contribution in [2.24, 2.45) is 0 Å². The second-order valence-corrected chi connectivity index (χ2v) is 13.3. The lowest BCUT2D eigenvalue weighted by atomic mass is 9.90. The monoisotopic (exact) mass is 631 g/mol. The number of nitrogens with two attached hydrogens (primary N) is 1. The average Bonchev–Trinajstić information content (AvgIpc) is 3.84. The number of rotatable bonds is 5. The molecule has 2 unspecified atom stereocenters. The number of anilines is 2. The van der Waals surface area contributed by atoms with Crippen LogP contribution in [0.4, 0.5) is 24.9 Å². The van der Waals surface area contributed by atoms with Crippen LogP contribution in [-0.2, 0) is 18.0 Å². The molecule has 2 aromatic carbocycles. The molecule has 9 rings (SSSR count). The van der Waals surface area contributed by atoms with Crippen LogP contribution in [0.25, 0.3) is 33.0 Å². The first-order valence-electron chi connectivity index (χ1n) is 15.9. The molecule has 46 heavy (non-hydrogen) atoms. The van der Waals surface area contributed by atoms with Gasteiger partial charge in [-0.05, 0) is 55.5 Å². The maximum Gasteiger partial charge on any atom is 0.319 e. The minimum absolute atomic E-state index is 0.00312. The highest BCUT2D eigenvalue weighted by Crippen LogP contribution is 2.48. The number of fused-ring (bicyclic) bond motifs is 7. The largest absolute Gasteiger partial charge is 0.461 e. The Bertz CT molecular complexity index is 1960. The molecule has 0 radical (unpaired) electrons. The second kappa shape index (κ2) is 10.2. The Labute approximate surface area is 262 Å². The number of hydrogen-bond donors (Lipinski definition) is 2. The van der Waals surface area contributed by atoms with E-state index in [4.69, 9.17) is 24.6 Å². The van der Waals surface area contributed by atoms with Gasteiger partial charge in [-0.2, -0.15) is 15.2 Å². The van der Waals surface area contributed by atoms with Crippen LogP contribution >= 0.6 is 0 Å². The van der Waals surface area contributed by atoms with Crippen LogP contribution in [0.5, 0.6) is 6.01 Å². The quantitative estimate of drug-likeness (QED) is 0.320. The first kappa shape index (κ1) is 28.1. The van der Waals surface area contributed by atoms with Crippen LogP contribution in [0.15, 0.2) is 16.5 Å². The van der Waals surface area contributed by atoms with Crippen LogP contribution in [0.2, 0.25) is 0 Å². The number of nitrogens with zero attached hydrogens (tertiary/aromatic N) is 5. The van der Waals surface area contributed by atoms with Gasteiger partial charge in [-0.1, -0.05) is 0 Å². The molecule has 0 aliphatic carbocycles. The molecule has 4 fully saturated rings. The summed E-state index contributed by atoms with van der Waals surface area (Å²) in [6.07, 6.45) is 3.12. The van der Waals surface area contributed by atoms with E-state index in [9.17, 15) is 9.65 Å². The summed E-state index contributed by atoms with van der Waals surface area (Å²) in [5, 5.41) is 14.0. The summed E-state index contributed by atoms with van der Waals surface area (Å²) in [5.41, 5.74) is 6.60. The third-order valence-electron chi connectivity index (χ3n) is 10.8. The molecule has 5 aliphatic heterocycles. The number of ether oxygens (including phenoxy) is 2. The van der Waals surface area contributed by atoms with Crippen molar-refractivity contribution in [3.8, 4) is 23.2 Å². The maximum atomic E-state index is 17.3. The average molecular weight is 632 g/mol. The molecular formula is C33H32F3N7O3. The topological polar surface area (TPSA) is 126 Å². The Kier molecular flexibility index (Phi) is 6.23. The molecule has 13 heteroatoms. The fourth-order valence-corrected chi connectivity index (χ4v) is 8.82. The maximum absolute atomic E-state index is 17.3. The van der Waals surface area contributed by atoms with Crippen LogP contribution in [0, 0.1) is 23.0 Å². The van der Waals surface area contributed by atoms with E-state index in [1.54, 1.807) is 0 Å². The van der Waals surface area contributed by atoms with Gasteiger partial charge in [-0.3, -0.25) is 4.90 Å². The van der Waals surface area contributed by atoms with E-state index >= 15 is 8.78 Å². The number of hydrogen-bond acceptors (Lipinski definition) is 10. The van der Waals surface area contributed by atoms with Gasteiger partial charge >= 0.3 is 6.01 Å². The normalized spacial score (nSPS) is 27.1. The highest BCUT2D eigenvalue weighted by molar-refractivity contribution is 6.05. The number of nitrogens with one attached hydrogen (secondary N) is 1. The number of aromatic nitrogens is 2. The van der Waals surface area contributed by atoms with E-state index in [1.807, 2.05) is 6.07 Å². The smallest absolute Gasteiger partial charge is 0.319 e. The third kappa shape index (κ3) is 3.93. The van der Waals surface area contributed by atoms with E-state index in [-0.39, 0.29) is 77.0 Å². The molecule has 238 valence electrons. The van der Waals surface area contributed by atoms with Gasteiger partial charge in [0.05, 0.1) is 29.5 Å². The number of furan rings is 1. The summed E-state index contributed by atoms with van der Waals surface area (Å²) >= 11 is 0. The van der Waals surface area contributed by atoms with Crippen molar-refractivity contribution < 1.29 is 27.1 Å². The predicted octanol–water partition coefficient (Wildman–Crippen LogP) is 4.70. The standard InChI is InChI=1S/C33H32F3N7O3/c34-16-8-33(6-1-7-42(33)12-16)15-45-32-40-29-26(31(41-32)43-17-2-3-18(43)11-39-10-17)21-14-44-13-20(21)25(28(29)36)27-22(35)4-5-23-24(27)19(9-37)30(38)46-23/h4-5,16-18,39H,1-3,6-8,10-15,38H2/t16-,17?,18?,33+/m1/s1. The van der Waals surface area contributed by atoms with Gasteiger partial charge in [-0.25, -0.2) is 13.2 Å². The minimum atomic E-state index is -0.927. The fraction of sp³-hybridized carbons (Fsp3) is 0.485. The summed E-state index contributed by atoms with van der Waals surface area (Å²) in [6.45, 7) is 3.09. The lowest BCUT2D eigenvalue weighted by Crippen LogP contribution is -2.52. The molecule has 2 aromatic heterocycles. The van der Waals surface area contributed by atoms with Gasteiger partial charge in [-0.15, -0.1) is 0 Å². The summed E-state index contributed by atoms with van der Waals surface area (Å²) in [5.74, 6) is -1.10. The number of alkyl halides is 1. The Morgan fingerprint density at radius 2 is 1.91 bits per heavy atom. The van der Waals surface area contributed by atoms with Crippen molar-refractivity contribution in [2.45, 2.75) is 69.1 Å². The van der Waals surface area contributed by atoms with Crippen LogP contribution in [-0.4, -0.2) is 71.4 Å². The number of nitrogen functional groups attached to an aromatic ring is 1. The van der Waals surface area contributed by atoms with Crippen molar-refractivity contribution in [1.29, 1.82) is 5.26 Å². The molecule has 10 nitrogen and oxygen atoms in total. The van der Waals surface area contributed by atoms with Crippen LogP contribution in [0.1, 0.15) is 48.8 Å². The first-order valence-corrected chi connectivity index (χ1v) is 15.9. The van der Waals surface area contributed by atoms with Gasteiger partial charge in [0.25, 0.3) is 0 Å². The zero-order valence-electron chi connectivity index (χ0n) is 25.0. The Morgan fingerprint density at radius 1 is 1.11 bits per heavy atom. The van der Waals surface area contributed by atoms with Crippen LogP contribution in [0.3, 0.4) is 0 Å². The number of halogens is 3. The molecule has 0 saturated carbocycles. The highest BCUT2D eigenvalue weighted by atomic mass is 19.1. The van der Waals surface area contributed by atoms with E-state index in [0.29, 0.717) is 35.3 Å². The van der Waals surface area contributed by atoms with E-state index in [0.717, 1.165) is 45.3 Å². The Morgan fingerprint density at radius 3 is 2.72 bits per heavy atom. The molecule has 4 atom stereocenters. The molecule has 4 aromatic rings. The zero-order chi connectivity index (χ0) is 31.3. The SMILES string of the molecule is N#Cc1c(N)oc2ccc(F)c(-c3c4c(c5c(N6C7CCC6CNC7)nc(OC[C@@]67CCCN6C[C@H](F)C7)nc5c3F)COC4)c12. The van der Waals surface area contributed by atoms with Crippen LogP contribution < -0.4 is 20.7 Å². The van der Waals surface area contributed by atoms with Crippen molar-refractivity contribution >= 4 is 33.6 Å². The summed E-state index contributed by atoms with van der Waals surface area (Å²) in [4.78, 5) is 14.0. The van der Waals surface area contributed by atoms with Crippen molar-refractivity contribution in [3.05, 3.63) is 40.5 Å². The van der Waals surface area contributed by atoms with E-state index in [1.165, 1.54) is 12.1 Å². The zero-order valence-corrected chi connectivity index (χ0v) is 25.0. The Hall–Kier alpha value is -4.12. The Balaban J connectivity index is 1.28. The van der Waals surface area contributed by atoms with Gasteiger partial charge in [0.2, 0.25) is 5.88 Å². The van der Waals surface area contributed by atoms with Crippen molar-refractivity contribution in [1.82, 2.24) is 20.2 Å². The molecular weight excluding hydrogens is 599 g/mol. The first-order chi connectivity index (χ1) is 22.4. The fourth-order valence-electron chi connectivity index (χ4n) is 8.82. The number of piperazine rings is 1. The summed E-state index contributed by atoms with van der Waals surface area (Å²) in [6, 6.07) is 4.84. The predicted molar refractivity (Wildman–Crippen MR) is 163 cm³/mol. The van der Waals surface area contributed by atoms with Crippen molar-refractivity contribution in [3.63, 3.8) is 0 Å². The third-order valence-corrected chi connectivity index (χ3v) is 10.8. The number of nitriles is 1. The lowest BCUT2D eigenvalue weighted by Gasteiger charge is -2.37. The molecule has 0 amide bonds. The highest BCUT2D eigenvalue weighted by Gasteiger charge is 2.49.